The molecule has 1 amide bonds. The van der Waals surface area contributed by atoms with E-state index in [2.05, 4.69) is 16.4 Å². The summed E-state index contributed by atoms with van der Waals surface area (Å²) in [6.07, 6.45) is 3.76. The van der Waals surface area contributed by atoms with Gasteiger partial charge in [-0.05, 0) is 49.2 Å². The van der Waals surface area contributed by atoms with Crippen LogP contribution in [0.5, 0.6) is 0 Å². The molecule has 0 atom stereocenters. The Bertz CT molecular complexity index is 712. The Balaban J connectivity index is 1.75. The van der Waals surface area contributed by atoms with Gasteiger partial charge in [0.2, 0.25) is 0 Å². The SMILES string of the molecule is N#Cc1ccc(Nc2ccnc(C(=O)N3CCCC3)c2)cc1. The molecule has 1 fully saturated rings. The number of hydrogen-bond donors (Lipinski definition) is 1. The van der Waals surface area contributed by atoms with Crippen LogP contribution in [-0.2, 0) is 0 Å². The van der Waals surface area contributed by atoms with E-state index in [0.29, 0.717) is 11.3 Å². The summed E-state index contributed by atoms with van der Waals surface area (Å²) in [6.45, 7) is 1.63. The van der Waals surface area contributed by atoms with Gasteiger partial charge in [0.25, 0.3) is 5.91 Å². The molecule has 0 bridgehead atoms. The number of likely N-dealkylation sites (tertiary alicyclic amines) is 1. The monoisotopic (exact) mass is 292 g/mol. The lowest BCUT2D eigenvalue weighted by molar-refractivity contribution is 0.0787. The summed E-state index contributed by atoms with van der Waals surface area (Å²) < 4.78 is 0. The van der Waals surface area contributed by atoms with E-state index in [1.165, 1.54) is 0 Å². The molecule has 5 heteroatoms. The van der Waals surface area contributed by atoms with Crippen LogP contribution in [0, 0.1) is 11.3 Å². The number of pyridine rings is 1. The van der Waals surface area contributed by atoms with E-state index in [1.807, 2.05) is 23.1 Å². The number of benzene rings is 1. The number of nitrogens with zero attached hydrogens (tertiary/aromatic N) is 3. The van der Waals surface area contributed by atoms with Crippen LogP contribution in [0.3, 0.4) is 0 Å². The maximum Gasteiger partial charge on any atom is 0.272 e. The average molecular weight is 292 g/mol. The first-order chi connectivity index (χ1) is 10.8. The van der Waals surface area contributed by atoms with Crippen molar-refractivity contribution in [2.75, 3.05) is 18.4 Å². The van der Waals surface area contributed by atoms with Crippen molar-refractivity contribution >= 4 is 17.3 Å². The maximum absolute atomic E-state index is 12.3. The summed E-state index contributed by atoms with van der Waals surface area (Å²) >= 11 is 0. The smallest absolute Gasteiger partial charge is 0.272 e. The van der Waals surface area contributed by atoms with E-state index in [9.17, 15) is 4.79 Å². The summed E-state index contributed by atoms with van der Waals surface area (Å²) in [5.74, 6) is -0.0130. The Morgan fingerprint density at radius 1 is 1.14 bits per heavy atom. The van der Waals surface area contributed by atoms with Gasteiger partial charge in [0.15, 0.2) is 0 Å². The van der Waals surface area contributed by atoms with Gasteiger partial charge in [0.05, 0.1) is 11.6 Å². The third-order valence-corrected chi connectivity index (χ3v) is 3.68. The molecular weight excluding hydrogens is 276 g/mol. The van der Waals surface area contributed by atoms with Crippen molar-refractivity contribution in [3.05, 3.63) is 53.9 Å². The summed E-state index contributed by atoms with van der Waals surface area (Å²) in [7, 11) is 0. The van der Waals surface area contributed by atoms with Crippen LogP contribution in [0.25, 0.3) is 0 Å². The van der Waals surface area contributed by atoms with Crippen molar-refractivity contribution in [3.63, 3.8) is 0 Å². The van der Waals surface area contributed by atoms with Crippen LogP contribution in [0.2, 0.25) is 0 Å². The molecule has 3 rings (SSSR count). The van der Waals surface area contributed by atoms with E-state index >= 15 is 0 Å². The number of nitrogens with one attached hydrogen (secondary N) is 1. The number of aromatic nitrogens is 1. The molecule has 0 spiro atoms. The minimum Gasteiger partial charge on any atom is -0.355 e. The topological polar surface area (TPSA) is 69.0 Å². The zero-order valence-electron chi connectivity index (χ0n) is 12.1. The first-order valence-corrected chi connectivity index (χ1v) is 7.29. The molecule has 1 saturated heterocycles. The fourth-order valence-electron chi connectivity index (χ4n) is 2.50. The van der Waals surface area contributed by atoms with Crippen LogP contribution >= 0.6 is 0 Å². The summed E-state index contributed by atoms with van der Waals surface area (Å²) in [5.41, 5.74) is 2.75. The summed E-state index contributed by atoms with van der Waals surface area (Å²) in [6, 6.07) is 12.8. The second-order valence-electron chi connectivity index (χ2n) is 5.24. The van der Waals surface area contributed by atoms with Gasteiger partial charge in [-0.25, -0.2) is 0 Å². The molecule has 0 unspecified atom stereocenters. The number of carbonyl (C=O) groups is 1. The number of nitriles is 1. The van der Waals surface area contributed by atoms with Crippen molar-refractivity contribution in [2.45, 2.75) is 12.8 Å². The van der Waals surface area contributed by atoms with Crippen molar-refractivity contribution < 1.29 is 4.79 Å². The van der Waals surface area contributed by atoms with Gasteiger partial charge >= 0.3 is 0 Å². The van der Waals surface area contributed by atoms with E-state index in [1.54, 1.807) is 24.4 Å². The van der Waals surface area contributed by atoms with E-state index in [0.717, 1.165) is 37.3 Å². The molecule has 22 heavy (non-hydrogen) atoms. The molecule has 0 saturated carbocycles. The molecule has 1 aromatic carbocycles. The minimum absolute atomic E-state index is 0.0130. The lowest BCUT2D eigenvalue weighted by Gasteiger charge is -2.15. The molecule has 0 aliphatic carbocycles. The van der Waals surface area contributed by atoms with E-state index in [4.69, 9.17) is 5.26 Å². The lowest BCUT2D eigenvalue weighted by atomic mass is 10.2. The normalized spacial score (nSPS) is 13.7. The molecule has 2 heterocycles. The molecule has 1 aliphatic rings. The van der Waals surface area contributed by atoms with Crippen LogP contribution in [0.4, 0.5) is 11.4 Å². The maximum atomic E-state index is 12.3. The van der Waals surface area contributed by atoms with Crippen molar-refractivity contribution in [1.82, 2.24) is 9.88 Å². The molecule has 1 aliphatic heterocycles. The zero-order valence-corrected chi connectivity index (χ0v) is 12.1. The Hall–Kier alpha value is -2.87. The molecule has 1 N–H and O–H groups in total. The van der Waals surface area contributed by atoms with E-state index in [-0.39, 0.29) is 5.91 Å². The highest BCUT2D eigenvalue weighted by molar-refractivity contribution is 5.93. The predicted octanol–water partition coefficient (Wildman–Crippen LogP) is 2.93. The largest absolute Gasteiger partial charge is 0.355 e. The molecule has 0 radical (unpaired) electrons. The minimum atomic E-state index is -0.0130. The average Bonchev–Trinajstić information content (AvgIpc) is 3.09. The van der Waals surface area contributed by atoms with Gasteiger partial charge in [-0.1, -0.05) is 0 Å². The predicted molar refractivity (Wildman–Crippen MR) is 83.8 cm³/mol. The Morgan fingerprint density at radius 2 is 1.86 bits per heavy atom. The second kappa shape index (κ2) is 6.27. The van der Waals surface area contributed by atoms with Crippen LogP contribution in [-0.4, -0.2) is 28.9 Å². The van der Waals surface area contributed by atoms with Gasteiger partial charge in [-0.15, -0.1) is 0 Å². The van der Waals surface area contributed by atoms with Gasteiger partial charge < -0.3 is 10.2 Å². The second-order valence-corrected chi connectivity index (χ2v) is 5.24. The Morgan fingerprint density at radius 3 is 2.55 bits per heavy atom. The molecule has 1 aromatic heterocycles. The van der Waals surface area contributed by atoms with Gasteiger partial charge in [-0.3, -0.25) is 9.78 Å². The van der Waals surface area contributed by atoms with Crippen molar-refractivity contribution in [1.29, 1.82) is 5.26 Å². The third-order valence-electron chi connectivity index (χ3n) is 3.68. The first-order valence-electron chi connectivity index (χ1n) is 7.29. The summed E-state index contributed by atoms with van der Waals surface area (Å²) in [4.78, 5) is 18.4. The van der Waals surface area contributed by atoms with Crippen LogP contribution in [0.1, 0.15) is 28.9 Å². The van der Waals surface area contributed by atoms with Gasteiger partial charge in [0.1, 0.15) is 5.69 Å². The first kappa shape index (κ1) is 14.1. The zero-order chi connectivity index (χ0) is 15.4. The number of amides is 1. The third kappa shape index (κ3) is 3.07. The fraction of sp³-hybridized carbons (Fsp3) is 0.235. The number of rotatable bonds is 3. The van der Waals surface area contributed by atoms with Crippen molar-refractivity contribution in [2.24, 2.45) is 0 Å². The highest BCUT2D eigenvalue weighted by Gasteiger charge is 2.20. The van der Waals surface area contributed by atoms with Crippen LogP contribution < -0.4 is 5.32 Å². The Kier molecular flexibility index (Phi) is 4.01. The fourth-order valence-corrected chi connectivity index (χ4v) is 2.50. The highest BCUT2D eigenvalue weighted by atomic mass is 16.2. The molecule has 110 valence electrons. The van der Waals surface area contributed by atoms with Gasteiger partial charge in [-0.2, -0.15) is 5.26 Å². The van der Waals surface area contributed by atoms with Crippen molar-refractivity contribution in [3.8, 4) is 6.07 Å². The molecular formula is C17H16N4O. The summed E-state index contributed by atoms with van der Waals surface area (Å²) in [5, 5.41) is 12.0. The highest BCUT2D eigenvalue weighted by Crippen LogP contribution is 2.19. The van der Waals surface area contributed by atoms with Crippen LogP contribution in [0.15, 0.2) is 42.6 Å². The molecule has 2 aromatic rings. The lowest BCUT2D eigenvalue weighted by Crippen LogP contribution is -2.28. The number of anilines is 2. The molecule has 5 nitrogen and oxygen atoms in total. The quantitative estimate of drug-likeness (QED) is 0.944. The number of hydrogen-bond acceptors (Lipinski definition) is 4. The standard InChI is InChI=1S/C17H16N4O/c18-12-13-3-5-14(6-4-13)20-15-7-8-19-16(11-15)17(22)21-9-1-2-10-21/h3-8,11H,1-2,9-10H2,(H,19,20). The Labute approximate surface area is 129 Å². The number of carbonyl (C=O) groups excluding carboxylic acids is 1. The van der Waals surface area contributed by atoms with E-state index < -0.39 is 0 Å². The van der Waals surface area contributed by atoms with Gasteiger partial charge in [0, 0.05) is 30.7 Å².